The predicted octanol–water partition coefficient (Wildman–Crippen LogP) is 4.39. The summed E-state index contributed by atoms with van der Waals surface area (Å²) in [6.07, 6.45) is 0.841. The molecule has 0 fully saturated rings. The van der Waals surface area contributed by atoms with Gasteiger partial charge in [-0.3, -0.25) is 9.59 Å². The van der Waals surface area contributed by atoms with Crippen LogP contribution in [0.2, 0.25) is 0 Å². The molecule has 2 aromatic carbocycles. The molecule has 5 nitrogen and oxygen atoms in total. The van der Waals surface area contributed by atoms with E-state index in [9.17, 15) is 9.59 Å². The van der Waals surface area contributed by atoms with Crippen LogP contribution in [-0.4, -0.2) is 35.9 Å². The van der Waals surface area contributed by atoms with Crippen LogP contribution in [0.4, 0.5) is 0 Å². The molecule has 2 rings (SSSR count). The van der Waals surface area contributed by atoms with Gasteiger partial charge in [0.2, 0.25) is 5.91 Å². The van der Waals surface area contributed by atoms with Crippen molar-refractivity contribution in [3.63, 3.8) is 0 Å². The minimum absolute atomic E-state index is 0.122. The predicted molar refractivity (Wildman–Crippen MR) is 119 cm³/mol. The summed E-state index contributed by atoms with van der Waals surface area (Å²) < 4.78 is 6.70. The molecule has 29 heavy (non-hydrogen) atoms. The average molecular weight is 461 g/mol. The summed E-state index contributed by atoms with van der Waals surface area (Å²) in [4.78, 5) is 27.1. The second-order valence-electron chi connectivity index (χ2n) is 7.18. The van der Waals surface area contributed by atoms with Crippen LogP contribution >= 0.6 is 15.9 Å². The molecule has 0 heterocycles. The lowest BCUT2D eigenvalue weighted by Crippen LogP contribution is -2.49. The van der Waals surface area contributed by atoms with Crippen LogP contribution in [0, 0.1) is 13.8 Å². The Morgan fingerprint density at radius 3 is 2.59 bits per heavy atom. The van der Waals surface area contributed by atoms with Crippen molar-refractivity contribution in [2.45, 2.75) is 46.7 Å². The van der Waals surface area contributed by atoms with E-state index in [0.717, 1.165) is 27.6 Å². The molecule has 156 valence electrons. The Morgan fingerprint density at radius 2 is 1.93 bits per heavy atom. The topological polar surface area (TPSA) is 58.6 Å². The highest BCUT2D eigenvalue weighted by atomic mass is 79.9. The van der Waals surface area contributed by atoms with E-state index in [0.29, 0.717) is 18.8 Å². The molecular weight excluding hydrogens is 432 g/mol. The lowest BCUT2D eigenvalue weighted by molar-refractivity contribution is -0.142. The molecule has 0 saturated heterocycles. The molecule has 0 radical (unpaired) electrons. The van der Waals surface area contributed by atoms with Crippen molar-refractivity contribution in [3.8, 4) is 5.75 Å². The molecule has 0 aromatic heterocycles. The van der Waals surface area contributed by atoms with E-state index in [1.165, 1.54) is 0 Å². The summed E-state index contributed by atoms with van der Waals surface area (Å²) >= 11 is 3.46. The van der Waals surface area contributed by atoms with Gasteiger partial charge in [-0.15, -0.1) is 0 Å². The quantitative estimate of drug-likeness (QED) is 0.603. The van der Waals surface area contributed by atoms with Crippen LogP contribution in [0.1, 0.15) is 37.0 Å². The number of aryl methyl sites for hydroxylation is 2. The van der Waals surface area contributed by atoms with Crippen LogP contribution in [0.5, 0.6) is 5.75 Å². The molecule has 6 heteroatoms. The van der Waals surface area contributed by atoms with Gasteiger partial charge in [-0.25, -0.2) is 0 Å². The monoisotopic (exact) mass is 460 g/mol. The van der Waals surface area contributed by atoms with Gasteiger partial charge in [-0.1, -0.05) is 52.7 Å². The third-order valence-corrected chi connectivity index (χ3v) is 5.13. The van der Waals surface area contributed by atoms with Gasteiger partial charge < -0.3 is 15.0 Å². The highest BCUT2D eigenvalue weighted by Gasteiger charge is 2.26. The van der Waals surface area contributed by atoms with Gasteiger partial charge in [0.05, 0.1) is 0 Å². The summed E-state index contributed by atoms with van der Waals surface area (Å²) in [5.41, 5.74) is 3.05. The zero-order valence-corrected chi connectivity index (χ0v) is 19.1. The number of carbonyl (C=O) groups excluding carboxylic acids is 2. The number of rotatable bonds is 9. The number of carbonyl (C=O) groups is 2. The summed E-state index contributed by atoms with van der Waals surface area (Å²) in [5.74, 6) is 0.278. The average Bonchev–Trinajstić information content (AvgIpc) is 2.69. The number of benzene rings is 2. The lowest BCUT2D eigenvalue weighted by atomic mass is 10.1. The van der Waals surface area contributed by atoms with E-state index >= 15 is 0 Å². The molecule has 0 spiro atoms. The first kappa shape index (κ1) is 22.9. The van der Waals surface area contributed by atoms with Crippen LogP contribution < -0.4 is 10.1 Å². The fourth-order valence-corrected chi connectivity index (χ4v) is 3.44. The molecule has 2 amide bonds. The molecule has 1 atom stereocenters. The third-order valence-electron chi connectivity index (χ3n) is 4.64. The summed E-state index contributed by atoms with van der Waals surface area (Å²) in [6.45, 7) is 8.50. The Morgan fingerprint density at radius 1 is 1.17 bits per heavy atom. The number of halogens is 1. The minimum atomic E-state index is -0.601. The molecule has 0 aliphatic rings. The van der Waals surface area contributed by atoms with Gasteiger partial charge >= 0.3 is 0 Å². The number of ether oxygens (including phenoxy) is 1. The highest BCUT2D eigenvalue weighted by Crippen LogP contribution is 2.20. The van der Waals surface area contributed by atoms with Crippen LogP contribution in [0.25, 0.3) is 0 Å². The maximum atomic E-state index is 13.0. The largest absolute Gasteiger partial charge is 0.483 e. The Balaban J connectivity index is 2.15. The first-order chi connectivity index (χ1) is 13.8. The smallest absolute Gasteiger partial charge is 0.261 e. The van der Waals surface area contributed by atoms with Crippen molar-refractivity contribution < 1.29 is 14.3 Å². The fourth-order valence-electron chi connectivity index (χ4n) is 2.99. The first-order valence-corrected chi connectivity index (χ1v) is 10.6. The lowest BCUT2D eigenvalue weighted by Gasteiger charge is -2.29. The van der Waals surface area contributed by atoms with Crippen LogP contribution in [0.15, 0.2) is 46.9 Å². The SMILES string of the molecule is CCCNC(=O)C(C)N(Cc1cccc(Br)c1)C(=O)COc1ccc(C)cc1C. The Bertz CT molecular complexity index is 854. The molecule has 0 aliphatic heterocycles. The summed E-state index contributed by atoms with van der Waals surface area (Å²) in [6, 6.07) is 13.0. The summed E-state index contributed by atoms with van der Waals surface area (Å²) in [5, 5.41) is 2.87. The van der Waals surface area contributed by atoms with Crippen LogP contribution in [0.3, 0.4) is 0 Å². The van der Waals surface area contributed by atoms with Crippen molar-refractivity contribution in [1.82, 2.24) is 10.2 Å². The second-order valence-corrected chi connectivity index (χ2v) is 8.09. The minimum Gasteiger partial charge on any atom is -0.483 e. The standard InChI is InChI=1S/C23H29BrN2O3/c1-5-11-25-23(28)18(4)26(14-19-7-6-8-20(24)13-19)22(27)15-29-21-10-9-16(2)12-17(21)3/h6-10,12-13,18H,5,11,14-15H2,1-4H3,(H,25,28). The van der Waals surface area contributed by atoms with Gasteiger partial charge in [0, 0.05) is 17.6 Å². The molecule has 0 bridgehead atoms. The van der Waals surface area contributed by atoms with Crippen molar-refractivity contribution in [3.05, 3.63) is 63.6 Å². The molecule has 1 N–H and O–H groups in total. The van der Waals surface area contributed by atoms with Crippen molar-refractivity contribution in [2.75, 3.05) is 13.2 Å². The van der Waals surface area contributed by atoms with Gasteiger partial charge in [0.1, 0.15) is 11.8 Å². The molecule has 0 aliphatic carbocycles. The molecular formula is C23H29BrN2O3. The Kier molecular flexibility index (Phi) is 8.70. The van der Waals surface area contributed by atoms with Crippen molar-refractivity contribution in [1.29, 1.82) is 0 Å². The van der Waals surface area contributed by atoms with Crippen LogP contribution in [-0.2, 0) is 16.1 Å². The zero-order valence-electron chi connectivity index (χ0n) is 17.5. The number of hydrogen-bond donors (Lipinski definition) is 1. The van der Waals surface area contributed by atoms with Gasteiger partial charge in [-0.05, 0) is 56.5 Å². The van der Waals surface area contributed by atoms with Gasteiger partial charge in [0.25, 0.3) is 5.91 Å². The summed E-state index contributed by atoms with van der Waals surface area (Å²) in [7, 11) is 0. The van der Waals surface area contributed by atoms with Gasteiger partial charge in [0.15, 0.2) is 6.61 Å². The maximum Gasteiger partial charge on any atom is 0.261 e. The normalized spacial score (nSPS) is 11.6. The maximum absolute atomic E-state index is 13.0. The zero-order chi connectivity index (χ0) is 21.4. The van der Waals surface area contributed by atoms with Gasteiger partial charge in [-0.2, -0.15) is 0 Å². The first-order valence-electron chi connectivity index (χ1n) is 9.83. The Hall–Kier alpha value is -2.34. The van der Waals surface area contributed by atoms with Crippen molar-refractivity contribution in [2.24, 2.45) is 0 Å². The number of nitrogens with one attached hydrogen (secondary N) is 1. The van der Waals surface area contributed by atoms with Crippen molar-refractivity contribution >= 4 is 27.7 Å². The highest BCUT2D eigenvalue weighted by molar-refractivity contribution is 9.10. The van der Waals surface area contributed by atoms with E-state index in [2.05, 4.69) is 21.2 Å². The van der Waals surface area contributed by atoms with E-state index in [-0.39, 0.29) is 18.4 Å². The molecule has 2 aromatic rings. The third kappa shape index (κ3) is 6.89. The fraction of sp³-hybridized carbons (Fsp3) is 0.391. The number of nitrogens with zero attached hydrogens (tertiary/aromatic N) is 1. The number of hydrogen-bond acceptors (Lipinski definition) is 3. The van der Waals surface area contributed by atoms with E-state index in [1.54, 1.807) is 11.8 Å². The van der Waals surface area contributed by atoms with E-state index < -0.39 is 6.04 Å². The number of amides is 2. The second kappa shape index (κ2) is 11.0. The van der Waals surface area contributed by atoms with E-state index in [1.807, 2.05) is 63.2 Å². The Labute approximate surface area is 181 Å². The van der Waals surface area contributed by atoms with E-state index in [4.69, 9.17) is 4.74 Å². The molecule has 1 unspecified atom stereocenters. The molecule has 0 saturated carbocycles.